The van der Waals surface area contributed by atoms with Gasteiger partial charge >= 0.3 is 5.97 Å². The van der Waals surface area contributed by atoms with Crippen molar-refractivity contribution < 1.29 is 14.3 Å². The first kappa shape index (κ1) is 21.7. The third-order valence-electron chi connectivity index (χ3n) is 6.50. The SMILES string of the molecule is CCOC(=O)C1=C(C)N(Cc2ccccc2)C(c2ccccc2)=C[C@]12C(=O)Nc1ccccc12. The fourth-order valence-corrected chi connectivity index (χ4v) is 4.96. The number of hydrogen-bond acceptors (Lipinski definition) is 4. The Morgan fingerprint density at radius 2 is 1.59 bits per heavy atom. The summed E-state index contributed by atoms with van der Waals surface area (Å²) in [6, 6.07) is 27.6. The number of esters is 1. The zero-order chi connectivity index (χ0) is 23.7. The largest absolute Gasteiger partial charge is 0.463 e. The monoisotopic (exact) mass is 450 g/mol. The molecule has 0 aromatic heterocycles. The van der Waals surface area contributed by atoms with Crippen LogP contribution in [0.2, 0.25) is 0 Å². The number of carbonyl (C=O) groups is 2. The number of para-hydroxylation sites is 1. The number of allylic oxidation sites excluding steroid dienone is 1. The van der Waals surface area contributed by atoms with E-state index in [0.29, 0.717) is 23.5 Å². The molecular weight excluding hydrogens is 424 g/mol. The predicted octanol–water partition coefficient (Wildman–Crippen LogP) is 5.27. The molecule has 1 spiro atoms. The second-order valence-corrected chi connectivity index (χ2v) is 8.46. The number of hydrogen-bond donors (Lipinski definition) is 1. The fraction of sp³-hybridized carbons (Fsp3) is 0.172. The van der Waals surface area contributed by atoms with Gasteiger partial charge in [-0.05, 0) is 42.7 Å². The first-order valence-corrected chi connectivity index (χ1v) is 11.5. The third kappa shape index (κ3) is 3.41. The van der Waals surface area contributed by atoms with Gasteiger partial charge in [0, 0.05) is 23.6 Å². The van der Waals surface area contributed by atoms with Crippen LogP contribution in [0.3, 0.4) is 0 Å². The Balaban J connectivity index is 1.78. The maximum Gasteiger partial charge on any atom is 0.337 e. The van der Waals surface area contributed by atoms with Crippen LogP contribution in [0.5, 0.6) is 0 Å². The topological polar surface area (TPSA) is 58.6 Å². The Morgan fingerprint density at radius 3 is 2.29 bits per heavy atom. The van der Waals surface area contributed by atoms with Crippen LogP contribution in [0.4, 0.5) is 5.69 Å². The maximum atomic E-state index is 13.7. The molecule has 3 aromatic carbocycles. The van der Waals surface area contributed by atoms with Gasteiger partial charge in [-0.3, -0.25) is 4.79 Å². The molecule has 5 heteroatoms. The van der Waals surface area contributed by atoms with Gasteiger partial charge in [0.05, 0.1) is 12.2 Å². The molecule has 2 aliphatic heterocycles. The van der Waals surface area contributed by atoms with Gasteiger partial charge in [0.15, 0.2) is 0 Å². The second kappa shape index (κ2) is 8.67. The van der Waals surface area contributed by atoms with Gasteiger partial charge in [0.25, 0.3) is 0 Å². The van der Waals surface area contributed by atoms with Crippen LogP contribution in [-0.4, -0.2) is 23.4 Å². The number of anilines is 1. The summed E-state index contributed by atoms with van der Waals surface area (Å²) in [4.78, 5) is 29.3. The average molecular weight is 451 g/mol. The summed E-state index contributed by atoms with van der Waals surface area (Å²) >= 11 is 0. The van der Waals surface area contributed by atoms with E-state index in [1.165, 1.54) is 0 Å². The van der Waals surface area contributed by atoms with Gasteiger partial charge in [-0.1, -0.05) is 78.9 Å². The van der Waals surface area contributed by atoms with E-state index in [9.17, 15) is 9.59 Å². The Hall–Kier alpha value is -4.12. The Morgan fingerprint density at radius 1 is 0.941 bits per heavy atom. The van der Waals surface area contributed by atoms with Crippen LogP contribution in [0.25, 0.3) is 5.70 Å². The van der Waals surface area contributed by atoms with Crippen molar-refractivity contribution in [2.75, 3.05) is 11.9 Å². The van der Waals surface area contributed by atoms with Crippen LogP contribution in [0, 0.1) is 0 Å². The molecule has 5 rings (SSSR count). The number of fused-ring (bicyclic) bond motifs is 2. The predicted molar refractivity (Wildman–Crippen MR) is 132 cm³/mol. The summed E-state index contributed by atoms with van der Waals surface area (Å²) in [7, 11) is 0. The van der Waals surface area contributed by atoms with Gasteiger partial charge < -0.3 is 15.0 Å². The molecule has 2 aliphatic rings. The first-order chi connectivity index (χ1) is 16.6. The average Bonchev–Trinajstić information content (AvgIpc) is 3.13. The molecular formula is C29H26N2O3. The molecule has 1 amide bonds. The molecule has 0 saturated carbocycles. The molecule has 0 radical (unpaired) electrons. The summed E-state index contributed by atoms with van der Waals surface area (Å²) in [5, 5.41) is 3.00. The first-order valence-electron chi connectivity index (χ1n) is 11.5. The van der Waals surface area contributed by atoms with E-state index < -0.39 is 11.4 Å². The van der Waals surface area contributed by atoms with Crippen molar-refractivity contribution in [2.45, 2.75) is 25.8 Å². The summed E-state index contributed by atoms with van der Waals surface area (Å²) in [5.41, 5.74) is 4.20. The van der Waals surface area contributed by atoms with E-state index in [2.05, 4.69) is 22.3 Å². The second-order valence-electron chi connectivity index (χ2n) is 8.46. The van der Waals surface area contributed by atoms with Gasteiger partial charge in [-0.25, -0.2) is 4.79 Å². The minimum atomic E-state index is -1.27. The van der Waals surface area contributed by atoms with E-state index in [0.717, 1.165) is 22.4 Å². The third-order valence-corrected chi connectivity index (χ3v) is 6.50. The fourth-order valence-electron chi connectivity index (χ4n) is 4.96. The highest BCUT2D eigenvalue weighted by molar-refractivity contribution is 6.17. The van der Waals surface area contributed by atoms with Crippen molar-refractivity contribution in [2.24, 2.45) is 0 Å². The minimum absolute atomic E-state index is 0.225. The number of carbonyl (C=O) groups excluding carboxylic acids is 2. The van der Waals surface area contributed by atoms with Gasteiger partial charge in [-0.15, -0.1) is 0 Å². The summed E-state index contributed by atoms with van der Waals surface area (Å²) in [6.07, 6.45) is 1.94. The minimum Gasteiger partial charge on any atom is -0.463 e. The van der Waals surface area contributed by atoms with Crippen LogP contribution in [0.1, 0.15) is 30.5 Å². The lowest BCUT2D eigenvalue weighted by molar-refractivity contribution is -0.140. The van der Waals surface area contributed by atoms with Crippen LogP contribution >= 0.6 is 0 Å². The van der Waals surface area contributed by atoms with E-state index in [-0.39, 0.29) is 12.5 Å². The summed E-state index contributed by atoms with van der Waals surface area (Å²) in [5.74, 6) is -0.725. The van der Waals surface area contributed by atoms with Crippen LogP contribution < -0.4 is 5.32 Å². The number of benzene rings is 3. The molecule has 1 N–H and O–H groups in total. The zero-order valence-corrected chi connectivity index (χ0v) is 19.2. The molecule has 3 aromatic rings. The Kier molecular flexibility index (Phi) is 5.54. The summed E-state index contributed by atoms with van der Waals surface area (Å²) < 4.78 is 5.51. The lowest BCUT2D eigenvalue weighted by Crippen LogP contribution is -2.44. The van der Waals surface area contributed by atoms with E-state index in [4.69, 9.17) is 4.74 Å². The molecule has 2 heterocycles. The highest BCUT2D eigenvalue weighted by Gasteiger charge is 2.54. The molecule has 0 unspecified atom stereocenters. The van der Waals surface area contributed by atoms with Crippen LogP contribution in [0.15, 0.2) is 102 Å². The molecule has 34 heavy (non-hydrogen) atoms. The lowest BCUT2D eigenvalue weighted by atomic mass is 9.71. The number of amides is 1. The van der Waals surface area contributed by atoms with Crippen molar-refractivity contribution >= 4 is 23.3 Å². The number of rotatable bonds is 5. The molecule has 0 bridgehead atoms. The Labute approximate surface area is 199 Å². The van der Waals surface area contributed by atoms with Crippen molar-refractivity contribution in [3.63, 3.8) is 0 Å². The van der Waals surface area contributed by atoms with Gasteiger partial charge in [0.2, 0.25) is 5.91 Å². The lowest BCUT2D eigenvalue weighted by Gasteiger charge is -2.40. The van der Waals surface area contributed by atoms with Crippen LogP contribution in [-0.2, 0) is 26.3 Å². The molecule has 1 atom stereocenters. The molecule has 0 saturated heterocycles. The highest BCUT2D eigenvalue weighted by Crippen LogP contribution is 2.51. The van der Waals surface area contributed by atoms with E-state index in [1.807, 2.05) is 85.8 Å². The summed E-state index contributed by atoms with van der Waals surface area (Å²) in [6.45, 7) is 4.46. The smallest absolute Gasteiger partial charge is 0.337 e. The van der Waals surface area contributed by atoms with Gasteiger partial charge in [-0.2, -0.15) is 0 Å². The molecule has 0 fully saturated rings. The normalized spacial score (nSPS) is 19.1. The standard InChI is InChI=1S/C29H26N2O3/c1-3-34-27(32)26-20(2)31(19-21-12-6-4-7-13-21)25(22-14-8-5-9-15-22)18-29(26)23-16-10-11-17-24(23)30-28(29)33/h4-18H,3,19H2,1-2H3,(H,30,33)/t29-/m1/s1. The van der Waals surface area contributed by atoms with Crippen molar-refractivity contribution in [1.29, 1.82) is 0 Å². The maximum absolute atomic E-state index is 13.7. The van der Waals surface area contributed by atoms with Crippen molar-refractivity contribution in [3.8, 4) is 0 Å². The zero-order valence-electron chi connectivity index (χ0n) is 19.2. The molecule has 170 valence electrons. The van der Waals surface area contributed by atoms with Gasteiger partial charge in [0.1, 0.15) is 5.41 Å². The Bertz CT molecular complexity index is 1310. The molecule has 0 aliphatic carbocycles. The highest BCUT2D eigenvalue weighted by atomic mass is 16.5. The number of nitrogens with zero attached hydrogens (tertiary/aromatic N) is 1. The van der Waals surface area contributed by atoms with Crippen molar-refractivity contribution in [1.82, 2.24) is 4.90 Å². The van der Waals surface area contributed by atoms with E-state index >= 15 is 0 Å². The van der Waals surface area contributed by atoms with E-state index in [1.54, 1.807) is 6.92 Å². The van der Waals surface area contributed by atoms with Crippen molar-refractivity contribution in [3.05, 3.63) is 119 Å². The number of nitrogens with one attached hydrogen (secondary N) is 1. The quantitative estimate of drug-likeness (QED) is 0.538. The number of ether oxygens (including phenoxy) is 1. The molecule has 5 nitrogen and oxygen atoms in total.